The van der Waals surface area contributed by atoms with E-state index in [0.717, 1.165) is 19.5 Å². The fourth-order valence-corrected chi connectivity index (χ4v) is 3.32. The molecule has 0 bridgehead atoms. The second kappa shape index (κ2) is 8.11. The number of hydrogen-bond acceptors (Lipinski definition) is 3. The highest BCUT2D eigenvalue weighted by Crippen LogP contribution is 2.19. The van der Waals surface area contributed by atoms with Crippen molar-refractivity contribution in [2.45, 2.75) is 44.8 Å². The molecule has 0 spiro atoms. The molecule has 128 valence electrons. The van der Waals surface area contributed by atoms with Crippen LogP contribution in [0.4, 0.5) is 0 Å². The van der Waals surface area contributed by atoms with Gasteiger partial charge in [-0.25, -0.2) is 4.98 Å². The van der Waals surface area contributed by atoms with Crippen LogP contribution in [0.2, 0.25) is 0 Å². The number of piperidine rings is 1. The van der Waals surface area contributed by atoms with Crippen LogP contribution in [-0.2, 0) is 11.3 Å². The summed E-state index contributed by atoms with van der Waals surface area (Å²) in [6.45, 7) is 4.68. The third kappa shape index (κ3) is 4.23. The van der Waals surface area contributed by atoms with Crippen molar-refractivity contribution >= 4 is 5.91 Å². The third-order valence-corrected chi connectivity index (χ3v) is 4.84. The first-order valence-corrected chi connectivity index (χ1v) is 8.77. The summed E-state index contributed by atoms with van der Waals surface area (Å²) in [6, 6.07) is 10.8. The quantitative estimate of drug-likeness (QED) is 0.888. The molecule has 1 aliphatic rings. The van der Waals surface area contributed by atoms with Gasteiger partial charge in [0.1, 0.15) is 6.04 Å². The van der Waals surface area contributed by atoms with E-state index >= 15 is 0 Å². The lowest BCUT2D eigenvalue weighted by Crippen LogP contribution is -2.47. The van der Waals surface area contributed by atoms with Gasteiger partial charge in [0.15, 0.2) is 0 Å². The first-order chi connectivity index (χ1) is 11.7. The standard InChI is InChI=1S/C19H26N4O/c1-16(23-12-10-20-15-23)19(24)21-13-18-9-5-6-11-22(18)14-17-7-3-2-4-8-17/h2-4,7-8,10,12,15-16,18H,5-6,9,11,13-14H2,1H3,(H,21,24)/t16-,18+/m0/s1. The van der Waals surface area contributed by atoms with Crippen molar-refractivity contribution in [2.75, 3.05) is 13.1 Å². The van der Waals surface area contributed by atoms with Gasteiger partial charge in [-0.3, -0.25) is 9.69 Å². The normalized spacial score (nSPS) is 19.8. The van der Waals surface area contributed by atoms with Crippen LogP contribution in [0, 0.1) is 0 Å². The number of nitrogens with one attached hydrogen (secondary N) is 1. The Morgan fingerprint density at radius 3 is 2.92 bits per heavy atom. The van der Waals surface area contributed by atoms with E-state index in [1.807, 2.05) is 17.7 Å². The van der Waals surface area contributed by atoms with E-state index in [9.17, 15) is 4.79 Å². The van der Waals surface area contributed by atoms with Crippen LogP contribution in [0.1, 0.15) is 37.8 Å². The summed E-state index contributed by atoms with van der Waals surface area (Å²) in [4.78, 5) is 18.9. The highest BCUT2D eigenvalue weighted by atomic mass is 16.2. The van der Waals surface area contributed by atoms with Gasteiger partial charge in [-0.1, -0.05) is 36.8 Å². The van der Waals surface area contributed by atoms with Crippen molar-refractivity contribution < 1.29 is 4.79 Å². The van der Waals surface area contributed by atoms with Crippen LogP contribution in [0.5, 0.6) is 0 Å². The van der Waals surface area contributed by atoms with Crippen molar-refractivity contribution in [2.24, 2.45) is 0 Å². The fourth-order valence-electron chi connectivity index (χ4n) is 3.32. The average molecular weight is 326 g/mol. The molecule has 2 atom stereocenters. The van der Waals surface area contributed by atoms with Crippen molar-refractivity contribution in [1.82, 2.24) is 19.8 Å². The lowest BCUT2D eigenvalue weighted by molar-refractivity contribution is -0.124. The number of nitrogens with zero attached hydrogens (tertiary/aromatic N) is 3. The maximum Gasteiger partial charge on any atom is 0.242 e. The summed E-state index contributed by atoms with van der Waals surface area (Å²) < 4.78 is 1.83. The van der Waals surface area contributed by atoms with E-state index in [-0.39, 0.29) is 11.9 Å². The van der Waals surface area contributed by atoms with Gasteiger partial charge in [0, 0.05) is 31.5 Å². The Morgan fingerprint density at radius 2 is 2.17 bits per heavy atom. The van der Waals surface area contributed by atoms with Gasteiger partial charge in [-0.2, -0.15) is 0 Å². The zero-order valence-electron chi connectivity index (χ0n) is 14.3. The van der Waals surface area contributed by atoms with Gasteiger partial charge in [0.05, 0.1) is 6.33 Å². The minimum Gasteiger partial charge on any atom is -0.353 e. The first-order valence-electron chi connectivity index (χ1n) is 8.77. The number of amides is 1. The molecule has 0 saturated carbocycles. The van der Waals surface area contributed by atoms with E-state index in [4.69, 9.17) is 0 Å². The molecule has 0 aliphatic carbocycles. The molecule has 1 N–H and O–H groups in total. The minimum atomic E-state index is -0.223. The second-order valence-corrected chi connectivity index (χ2v) is 6.54. The lowest BCUT2D eigenvalue weighted by Gasteiger charge is -2.36. The van der Waals surface area contributed by atoms with Crippen molar-refractivity contribution in [3.63, 3.8) is 0 Å². The van der Waals surface area contributed by atoms with Crippen molar-refractivity contribution in [3.8, 4) is 0 Å². The fraction of sp³-hybridized carbons (Fsp3) is 0.474. The Labute approximate surface area is 143 Å². The first kappa shape index (κ1) is 16.7. The van der Waals surface area contributed by atoms with Crippen molar-refractivity contribution in [3.05, 3.63) is 54.6 Å². The van der Waals surface area contributed by atoms with Crippen molar-refractivity contribution in [1.29, 1.82) is 0 Å². The summed E-state index contributed by atoms with van der Waals surface area (Å²) in [5, 5.41) is 3.13. The van der Waals surface area contributed by atoms with E-state index in [0.29, 0.717) is 12.6 Å². The van der Waals surface area contributed by atoms with E-state index in [2.05, 4.69) is 45.5 Å². The number of carbonyl (C=O) groups is 1. The molecule has 5 nitrogen and oxygen atoms in total. The Hall–Kier alpha value is -2.14. The van der Waals surface area contributed by atoms with Gasteiger partial charge in [-0.15, -0.1) is 0 Å². The summed E-state index contributed by atoms with van der Waals surface area (Å²) in [7, 11) is 0. The zero-order valence-corrected chi connectivity index (χ0v) is 14.3. The summed E-state index contributed by atoms with van der Waals surface area (Å²) >= 11 is 0. The van der Waals surface area contributed by atoms with Gasteiger partial charge < -0.3 is 9.88 Å². The Kier molecular flexibility index (Phi) is 5.64. The van der Waals surface area contributed by atoms with Crippen LogP contribution in [-0.4, -0.2) is 39.5 Å². The molecule has 0 radical (unpaired) electrons. The number of carbonyl (C=O) groups excluding carboxylic acids is 1. The SMILES string of the molecule is C[C@@H](C(=O)NC[C@H]1CCCCN1Cc1ccccc1)n1ccnc1. The molecule has 1 aromatic heterocycles. The minimum absolute atomic E-state index is 0.0539. The summed E-state index contributed by atoms with van der Waals surface area (Å²) in [5.74, 6) is 0.0539. The molecule has 1 saturated heterocycles. The highest BCUT2D eigenvalue weighted by molar-refractivity contribution is 5.79. The van der Waals surface area contributed by atoms with Gasteiger partial charge in [-0.05, 0) is 31.9 Å². The van der Waals surface area contributed by atoms with Crippen LogP contribution in [0.15, 0.2) is 49.1 Å². The number of hydrogen-bond donors (Lipinski definition) is 1. The summed E-state index contributed by atoms with van der Waals surface area (Å²) in [6.07, 6.45) is 8.84. The van der Waals surface area contributed by atoms with Crippen LogP contribution < -0.4 is 5.32 Å². The molecular weight excluding hydrogens is 300 g/mol. The maximum absolute atomic E-state index is 12.4. The summed E-state index contributed by atoms with van der Waals surface area (Å²) in [5.41, 5.74) is 1.34. The predicted octanol–water partition coefficient (Wildman–Crippen LogP) is 2.62. The zero-order chi connectivity index (χ0) is 16.8. The largest absolute Gasteiger partial charge is 0.353 e. The number of imidazole rings is 1. The molecule has 2 heterocycles. The molecule has 5 heteroatoms. The van der Waals surface area contributed by atoms with E-state index in [1.54, 1.807) is 12.5 Å². The molecule has 1 fully saturated rings. The topological polar surface area (TPSA) is 50.2 Å². The van der Waals surface area contributed by atoms with Gasteiger partial charge >= 0.3 is 0 Å². The molecule has 1 amide bonds. The van der Waals surface area contributed by atoms with Gasteiger partial charge in [0.2, 0.25) is 5.91 Å². The number of benzene rings is 1. The smallest absolute Gasteiger partial charge is 0.242 e. The maximum atomic E-state index is 12.4. The Balaban J connectivity index is 1.55. The van der Waals surface area contributed by atoms with Crippen LogP contribution in [0.3, 0.4) is 0 Å². The van der Waals surface area contributed by atoms with Gasteiger partial charge in [0.25, 0.3) is 0 Å². The molecule has 1 aromatic carbocycles. The molecule has 1 aliphatic heterocycles. The molecule has 0 unspecified atom stereocenters. The molecule has 2 aromatic rings. The molecule has 3 rings (SSSR count). The number of aromatic nitrogens is 2. The molecule has 24 heavy (non-hydrogen) atoms. The highest BCUT2D eigenvalue weighted by Gasteiger charge is 2.24. The molecular formula is C19H26N4O. The average Bonchev–Trinajstić information content (AvgIpc) is 3.15. The number of likely N-dealkylation sites (tertiary alicyclic amines) is 1. The van der Waals surface area contributed by atoms with E-state index in [1.165, 1.54) is 18.4 Å². The van der Waals surface area contributed by atoms with Crippen LogP contribution in [0.25, 0.3) is 0 Å². The predicted molar refractivity (Wildman–Crippen MR) is 94.4 cm³/mol. The van der Waals surface area contributed by atoms with E-state index < -0.39 is 0 Å². The Bertz CT molecular complexity index is 626. The monoisotopic (exact) mass is 326 g/mol. The lowest BCUT2D eigenvalue weighted by atomic mass is 10.0. The third-order valence-electron chi connectivity index (χ3n) is 4.84. The number of rotatable bonds is 6. The second-order valence-electron chi connectivity index (χ2n) is 6.54. The van der Waals surface area contributed by atoms with Crippen LogP contribution >= 0.6 is 0 Å². The Morgan fingerprint density at radius 1 is 1.33 bits per heavy atom.